The van der Waals surface area contributed by atoms with Gasteiger partial charge in [0.25, 0.3) is 0 Å². The monoisotopic (exact) mass is 849 g/mol. The maximum atomic E-state index is 7.93. The van der Waals surface area contributed by atoms with Gasteiger partial charge >= 0.3 is 0 Å². The van der Waals surface area contributed by atoms with Crippen LogP contribution in [0.1, 0.15) is 186 Å². The number of allylic oxidation sites excluding steroid dienone is 4. The van der Waals surface area contributed by atoms with Crippen LogP contribution in [0.5, 0.6) is 0 Å². The van der Waals surface area contributed by atoms with Crippen molar-refractivity contribution in [2.24, 2.45) is 70.8 Å². The molecule has 0 spiro atoms. The highest BCUT2D eigenvalue weighted by Crippen LogP contribution is 2.58. The normalized spacial score (nSPS) is 49.3. The van der Waals surface area contributed by atoms with Crippen LogP contribution in [0.2, 0.25) is 0 Å². The fourth-order valence-corrected chi connectivity index (χ4v) is 19.0. The van der Waals surface area contributed by atoms with E-state index in [1.807, 2.05) is 0 Å². The van der Waals surface area contributed by atoms with Gasteiger partial charge in [-0.3, -0.25) is 4.90 Å². The first-order valence-electron chi connectivity index (χ1n) is 28.2. The number of hydrogen-bond donors (Lipinski definition) is 3. The highest BCUT2D eigenvalue weighted by Gasteiger charge is 2.63. The Bertz CT molecular complexity index is 1600. The fourth-order valence-electron chi connectivity index (χ4n) is 19.0. The summed E-state index contributed by atoms with van der Waals surface area (Å²) in [4.78, 5) is 6.28. The van der Waals surface area contributed by atoms with Crippen molar-refractivity contribution in [2.75, 3.05) is 0 Å². The smallest absolute Gasteiger partial charge is 0.201 e. The molecule has 6 nitrogen and oxygen atoms in total. The SMILES string of the molecule is NC(NC([NH2+]C1CCCC2C3CCC4C5CCCCC5N(C5C=CCC(C6C=CCCC6)C5)C4C3OC12)N1C2C=CCCC2C2CCCCC21)C1CCC(C2CCCCC2)CC1. The second kappa shape index (κ2) is 18.6. The molecule has 0 aromatic carbocycles. The fraction of sp³-hybridized carbons (Fsp3) is 0.893. The van der Waals surface area contributed by atoms with E-state index in [0.29, 0.717) is 48.3 Å². The molecule has 9 fully saturated rings. The molecule has 5 N–H and O–H groups in total. The second-order valence-electron chi connectivity index (χ2n) is 24.5. The number of ether oxygens (including phenoxy) is 1. The van der Waals surface area contributed by atoms with Crippen molar-refractivity contribution in [2.45, 2.75) is 247 Å². The molecule has 18 atom stereocenters. The number of fused-ring (bicyclic) bond motifs is 10. The van der Waals surface area contributed by atoms with Crippen molar-refractivity contribution < 1.29 is 10.1 Å². The van der Waals surface area contributed by atoms with E-state index < -0.39 is 0 Å². The summed E-state index contributed by atoms with van der Waals surface area (Å²) in [5, 5.41) is 7.27. The van der Waals surface area contributed by atoms with Gasteiger partial charge in [0.1, 0.15) is 12.1 Å². The van der Waals surface area contributed by atoms with Crippen molar-refractivity contribution in [3.05, 3.63) is 36.5 Å². The Morgan fingerprint density at radius 1 is 0.548 bits per heavy atom. The lowest BCUT2D eigenvalue weighted by atomic mass is 9.65. The maximum absolute atomic E-state index is 7.93. The average Bonchev–Trinajstić information content (AvgIpc) is 4.01. The van der Waals surface area contributed by atoms with Crippen molar-refractivity contribution in [1.29, 1.82) is 0 Å². The Kier molecular flexibility index (Phi) is 12.7. The van der Waals surface area contributed by atoms with Gasteiger partial charge in [-0.1, -0.05) is 94.2 Å². The zero-order valence-electron chi connectivity index (χ0n) is 39.1. The van der Waals surface area contributed by atoms with Gasteiger partial charge in [-0.15, -0.1) is 0 Å². The molecule has 12 aliphatic rings. The molecule has 344 valence electrons. The molecule has 0 bridgehead atoms. The molecule has 3 heterocycles. The minimum Gasteiger partial charge on any atom is -0.367 e. The molecule has 18 unspecified atom stereocenters. The van der Waals surface area contributed by atoms with Gasteiger partial charge in [0.05, 0.1) is 12.3 Å². The molecular formula is C56H90N5O+. The Morgan fingerprint density at radius 2 is 1.27 bits per heavy atom. The lowest BCUT2D eigenvalue weighted by molar-refractivity contribution is -0.755. The van der Waals surface area contributed by atoms with Gasteiger partial charge in [-0.2, -0.15) is 0 Å². The third kappa shape index (κ3) is 7.84. The predicted molar refractivity (Wildman–Crippen MR) is 252 cm³/mol. The van der Waals surface area contributed by atoms with E-state index in [0.717, 1.165) is 65.2 Å². The summed E-state index contributed by atoms with van der Waals surface area (Å²) in [6.07, 6.45) is 57.6. The molecule has 3 saturated heterocycles. The maximum Gasteiger partial charge on any atom is 0.201 e. The Hall–Kier alpha value is -1.02. The lowest BCUT2D eigenvalue weighted by Gasteiger charge is -2.46. The van der Waals surface area contributed by atoms with Gasteiger partial charge in [0, 0.05) is 36.6 Å². The van der Waals surface area contributed by atoms with Crippen LogP contribution < -0.4 is 16.4 Å². The van der Waals surface area contributed by atoms with Crippen molar-refractivity contribution >= 4 is 0 Å². The summed E-state index contributed by atoms with van der Waals surface area (Å²) < 4.78 is 7.93. The Balaban J connectivity index is 0.805. The topological polar surface area (TPSA) is 70.4 Å². The summed E-state index contributed by atoms with van der Waals surface area (Å²) in [5.74, 6) is 9.09. The second-order valence-corrected chi connectivity index (χ2v) is 24.5. The van der Waals surface area contributed by atoms with Gasteiger partial charge in [-0.05, 0) is 187 Å². The van der Waals surface area contributed by atoms with Crippen molar-refractivity contribution in [3.8, 4) is 0 Å². The number of nitrogens with zero attached hydrogens (tertiary/aromatic N) is 2. The number of nitrogens with two attached hydrogens (primary N) is 2. The minimum atomic E-state index is 0.0799. The van der Waals surface area contributed by atoms with Crippen LogP contribution in [0.4, 0.5) is 0 Å². The van der Waals surface area contributed by atoms with Crippen LogP contribution in [0.25, 0.3) is 0 Å². The number of nitrogens with one attached hydrogen (secondary N) is 1. The van der Waals surface area contributed by atoms with E-state index in [2.05, 4.69) is 56.9 Å². The first-order valence-corrected chi connectivity index (χ1v) is 28.2. The molecular weight excluding hydrogens is 759 g/mol. The summed E-state index contributed by atoms with van der Waals surface area (Å²) in [6.45, 7) is 0. The van der Waals surface area contributed by atoms with E-state index in [-0.39, 0.29) is 12.5 Å². The van der Waals surface area contributed by atoms with Crippen molar-refractivity contribution in [3.63, 3.8) is 0 Å². The molecule has 12 rings (SSSR count). The molecule has 0 aromatic rings. The van der Waals surface area contributed by atoms with Crippen LogP contribution in [-0.4, -0.2) is 70.7 Å². The van der Waals surface area contributed by atoms with E-state index >= 15 is 0 Å². The molecule has 3 aliphatic heterocycles. The predicted octanol–water partition coefficient (Wildman–Crippen LogP) is 10.2. The highest BCUT2D eigenvalue weighted by atomic mass is 16.5. The first-order chi connectivity index (χ1) is 30.7. The average molecular weight is 849 g/mol. The number of rotatable bonds is 9. The van der Waals surface area contributed by atoms with E-state index in [4.69, 9.17) is 10.5 Å². The van der Waals surface area contributed by atoms with Crippen LogP contribution in [0.15, 0.2) is 36.5 Å². The van der Waals surface area contributed by atoms with E-state index in [9.17, 15) is 0 Å². The molecule has 0 aromatic heterocycles. The summed E-state index contributed by atoms with van der Waals surface area (Å²) >= 11 is 0. The highest BCUT2D eigenvalue weighted by molar-refractivity contribution is 5.18. The third-order valence-corrected chi connectivity index (χ3v) is 21.7. The van der Waals surface area contributed by atoms with Crippen LogP contribution in [0.3, 0.4) is 0 Å². The zero-order chi connectivity index (χ0) is 41.1. The summed E-state index contributed by atoms with van der Waals surface area (Å²) in [7, 11) is 0. The van der Waals surface area contributed by atoms with Gasteiger partial charge in [-0.25, -0.2) is 10.2 Å². The van der Waals surface area contributed by atoms with Crippen LogP contribution in [0, 0.1) is 65.1 Å². The summed E-state index contributed by atoms with van der Waals surface area (Å²) in [6, 6.07) is 3.81. The third-order valence-electron chi connectivity index (χ3n) is 21.7. The summed E-state index contributed by atoms with van der Waals surface area (Å²) in [5.41, 5.74) is 7.52. The van der Waals surface area contributed by atoms with E-state index in [1.54, 1.807) is 0 Å². The largest absolute Gasteiger partial charge is 0.367 e. The Morgan fingerprint density at radius 3 is 2.11 bits per heavy atom. The molecule has 6 heteroatoms. The molecule has 9 aliphatic carbocycles. The number of hydrogen-bond acceptors (Lipinski definition) is 5. The van der Waals surface area contributed by atoms with Crippen LogP contribution in [-0.2, 0) is 4.74 Å². The van der Waals surface area contributed by atoms with E-state index in [1.165, 1.54) is 186 Å². The standard InChI is InChI=1S/C56H89N5O/c57-55(39-31-29-38(30-32-39)36-15-3-1-4-16-36)59-56(61-50-27-11-7-21-42(50)43-22-8-12-28-51(43)61)58-48-25-14-24-46-47-34-33-45-44-23-9-10-26-49(44)60(52(45)54(47)62-53(46)48)41-20-13-19-40(35-41)37-17-5-2-6-18-37/h5,11,13,17,20,27,36-56,58-59H,1-4,6-10,12,14-16,18-19,21-26,28-35,57H2/p+1. The zero-order valence-corrected chi connectivity index (χ0v) is 39.1. The van der Waals surface area contributed by atoms with Crippen LogP contribution >= 0.6 is 0 Å². The molecule has 6 saturated carbocycles. The van der Waals surface area contributed by atoms with Gasteiger partial charge < -0.3 is 15.8 Å². The van der Waals surface area contributed by atoms with Gasteiger partial charge in [0.2, 0.25) is 6.29 Å². The quantitative estimate of drug-likeness (QED) is 0.159. The number of likely N-dealkylation sites (tertiary alicyclic amines) is 2. The van der Waals surface area contributed by atoms with Gasteiger partial charge in [0.15, 0.2) is 0 Å². The first kappa shape index (κ1) is 42.3. The molecule has 0 radical (unpaired) electrons. The Labute approximate surface area is 378 Å². The lowest BCUT2D eigenvalue weighted by Crippen LogP contribution is -3.04. The minimum absolute atomic E-state index is 0.0799. The van der Waals surface area contributed by atoms with Crippen molar-refractivity contribution in [1.82, 2.24) is 15.1 Å². The number of quaternary nitrogens is 1. The molecule has 0 amide bonds. The molecule has 62 heavy (non-hydrogen) atoms.